The summed E-state index contributed by atoms with van der Waals surface area (Å²) in [6.45, 7) is 3.87. The highest BCUT2D eigenvalue weighted by molar-refractivity contribution is 6.31. The quantitative estimate of drug-likeness (QED) is 0.876. The van der Waals surface area contributed by atoms with E-state index >= 15 is 0 Å². The molecule has 0 fully saturated rings. The maximum Gasteiger partial charge on any atom is 0.240 e. The fraction of sp³-hybridized carbons (Fsp3) is 0.429. The first-order chi connectivity index (χ1) is 9.49. The van der Waals surface area contributed by atoms with Gasteiger partial charge in [0.05, 0.1) is 12.8 Å². The van der Waals surface area contributed by atoms with Gasteiger partial charge in [0, 0.05) is 18.5 Å². The molecule has 0 aliphatic heterocycles. The second-order valence-electron chi connectivity index (χ2n) is 4.27. The second kappa shape index (κ2) is 7.75. The minimum atomic E-state index is -0.253. The number of nitrogens with zero attached hydrogens (tertiary/aromatic N) is 1. The topological polar surface area (TPSA) is 58.6 Å². The molecule has 0 radical (unpaired) electrons. The normalized spacial score (nSPS) is 10.0. The number of hydrogen-bond donors (Lipinski definition) is 1. The summed E-state index contributed by atoms with van der Waals surface area (Å²) in [6.07, 6.45) is 0.840. The van der Waals surface area contributed by atoms with Gasteiger partial charge in [0.15, 0.2) is 0 Å². The first-order valence-corrected chi connectivity index (χ1v) is 6.75. The number of carbonyl (C=O) groups is 2. The maximum absolute atomic E-state index is 11.8. The molecule has 20 heavy (non-hydrogen) atoms. The molecule has 0 aliphatic rings. The Balaban J connectivity index is 2.99. The molecule has 0 spiro atoms. The van der Waals surface area contributed by atoms with Crippen LogP contribution in [0.3, 0.4) is 0 Å². The van der Waals surface area contributed by atoms with E-state index in [0.29, 0.717) is 23.0 Å². The fourth-order valence-electron chi connectivity index (χ4n) is 1.70. The third kappa shape index (κ3) is 4.42. The van der Waals surface area contributed by atoms with E-state index in [4.69, 9.17) is 16.3 Å². The molecule has 1 N–H and O–H groups in total. The molecule has 1 aromatic rings. The molecule has 5 nitrogen and oxygen atoms in total. The van der Waals surface area contributed by atoms with Crippen molar-refractivity contribution in [3.8, 4) is 5.75 Å². The van der Waals surface area contributed by atoms with E-state index in [1.165, 1.54) is 18.9 Å². The molecule has 0 atom stereocenters. The number of rotatable bonds is 6. The fourth-order valence-corrected chi connectivity index (χ4v) is 1.87. The van der Waals surface area contributed by atoms with Crippen molar-refractivity contribution in [3.63, 3.8) is 0 Å². The zero-order valence-corrected chi connectivity index (χ0v) is 12.7. The van der Waals surface area contributed by atoms with Crippen LogP contribution in [0.15, 0.2) is 18.2 Å². The average Bonchev–Trinajstić information content (AvgIpc) is 2.42. The number of benzene rings is 1. The molecular weight excluding hydrogens is 280 g/mol. The van der Waals surface area contributed by atoms with Crippen LogP contribution in [0.25, 0.3) is 0 Å². The third-order valence-electron chi connectivity index (χ3n) is 2.69. The van der Waals surface area contributed by atoms with Crippen molar-refractivity contribution < 1.29 is 14.3 Å². The smallest absolute Gasteiger partial charge is 0.240 e. The molecule has 0 bridgehead atoms. The lowest BCUT2D eigenvalue weighted by Gasteiger charge is -2.23. The maximum atomic E-state index is 11.8. The summed E-state index contributed by atoms with van der Waals surface area (Å²) >= 11 is 5.95. The third-order valence-corrected chi connectivity index (χ3v) is 2.92. The van der Waals surface area contributed by atoms with Crippen LogP contribution in [0.5, 0.6) is 5.75 Å². The number of anilines is 1. The van der Waals surface area contributed by atoms with Crippen LogP contribution in [0.1, 0.15) is 20.3 Å². The van der Waals surface area contributed by atoms with Gasteiger partial charge in [-0.05, 0) is 24.6 Å². The van der Waals surface area contributed by atoms with Crippen molar-refractivity contribution in [2.24, 2.45) is 0 Å². The predicted molar refractivity (Wildman–Crippen MR) is 79.3 cm³/mol. The van der Waals surface area contributed by atoms with E-state index in [2.05, 4.69) is 5.32 Å². The summed E-state index contributed by atoms with van der Waals surface area (Å²) in [5, 5.41) is 3.21. The first kappa shape index (κ1) is 16.3. The highest BCUT2D eigenvalue weighted by atomic mass is 35.5. The van der Waals surface area contributed by atoms with Gasteiger partial charge in [-0.2, -0.15) is 0 Å². The number of ether oxygens (including phenoxy) is 1. The molecule has 0 saturated carbocycles. The Hall–Kier alpha value is -1.75. The standard InChI is InChI=1S/C14H19ClN2O3/c1-4-7-16-14(19)9-17(10(2)18)12-8-11(15)5-6-13(12)20-3/h5-6,8H,4,7,9H2,1-3H3,(H,16,19). The summed E-state index contributed by atoms with van der Waals surface area (Å²) in [5.41, 5.74) is 0.485. The van der Waals surface area contributed by atoms with E-state index in [1.807, 2.05) is 6.92 Å². The minimum Gasteiger partial charge on any atom is -0.495 e. The van der Waals surface area contributed by atoms with Crippen LogP contribution >= 0.6 is 11.6 Å². The number of nitrogens with one attached hydrogen (secondary N) is 1. The van der Waals surface area contributed by atoms with Crippen molar-refractivity contribution in [2.75, 3.05) is 25.1 Å². The molecule has 0 aliphatic carbocycles. The van der Waals surface area contributed by atoms with E-state index < -0.39 is 0 Å². The van der Waals surface area contributed by atoms with Crippen LogP contribution in [-0.4, -0.2) is 32.0 Å². The zero-order valence-electron chi connectivity index (χ0n) is 11.9. The molecule has 2 amide bonds. The van der Waals surface area contributed by atoms with Crippen LogP contribution in [0.2, 0.25) is 5.02 Å². The van der Waals surface area contributed by atoms with E-state index in [9.17, 15) is 9.59 Å². The van der Waals surface area contributed by atoms with Gasteiger partial charge in [-0.15, -0.1) is 0 Å². The predicted octanol–water partition coefficient (Wildman–Crippen LogP) is 2.23. The van der Waals surface area contributed by atoms with E-state index in [1.54, 1.807) is 18.2 Å². The molecular formula is C14H19ClN2O3. The van der Waals surface area contributed by atoms with Crippen molar-refractivity contribution in [2.45, 2.75) is 20.3 Å². The highest BCUT2D eigenvalue weighted by Gasteiger charge is 2.19. The van der Waals surface area contributed by atoms with Gasteiger partial charge < -0.3 is 10.1 Å². The van der Waals surface area contributed by atoms with Crippen LogP contribution in [0, 0.1) is 0 Å². The SMILES string of the molecule is CCCNC(=O)CN(C(C)=O)c1cc(Cl)ccc1OC. The lowest BCUT2D eigenvalue weighted by molar-refractivity contribution is -0.123. The lowest BCUT2D eigenvalue weighted by atomic mass is 10.2. The number of methoxy groups -OCH3 is 1. The molecule has 6 heteroatoms. The van der Waals surface area contributed by atoms with E-state index in [0.717, 1.165) is 6.42 Å². The Morgan fingerprint density at radius 2 is 2.10 bits per heavy atom. The Kier molecular flexibility index (Phi) is 6.31. The summed E-state index contributed by atoms with van der Waals surface area (Å²) in [6, 6.07) is 4.94. The average molecular weight is 299 g/mol. The van der Waals surface area contributed by atoms with Crippen molar-refractivity contribution in [1.29, 1.82) is 0 Å². The lowest BCUT2D eigenvalue weighted by Crippen LogP contribution is -2.40. The van der Waals surface area contributed by atoms with Gasteiger partial charge in [-0.3, -0.25) is 14.5 Å². The minimum absolute atomic E-state index is 0.0635. The van der Waals surface area contributed by atoms with Gasteiger partial charge in [0.2, 0.25) is 11.8 Å². The molecule has 1 rings (SSSR count). The second-order valence-corrected chi connectivity index (χ2v) is 4.71. The zero-order chi connectivity index (χ0) is 15.1. The molecule has 0 heterocycles. The van der Waals surface area contributed by atoms with Gasteiger partial charge in [-0.1, -0.05) is 18.5 Å². The van der Waals surface area contributed by atoms with Crippen molar-refractivity contribution >= 4 is 29.1 Å². The van der Waals surface area contributed by atoms with Gasteiger partial charge >= 0.3 is 0 Å². The monoisotopic (exact) mass is 298 g/mol. The molecule has 0 aromatic heterocycles. The van der Waals surface area contributed by atoms with Crippen LogP contribution in [0.4, 0.5) is 5.69 Å². The molecule has 0 saturated heterocycles. The first-order valence-electron chi connectivity index (χ1n) is 6.38. The Bertz CT molecular complexity index is 491. The number of carbonyl (C=O) groups excluding carboxylic acids is 2. The Morgan fingerprint density at radius 3 is 2.65 bits per heavy atom. The summed E-state index contributed by atoms with van der Waals surface area (Å²) in [4.78, 5) is 24.9. The molecule has 0 unspecified atom stereocenters. The van der Waals surface area contributed by atoms with Gasteiger partial charge in [-0.25, -0.2) is 0 Å². The summed E-state index contributed by atoms with van der Waals surface area (Å²) in [7, 11) is 1.50. The van der Waals surface area contributed by atoms with E-state index in [-0.39, 0.29) is 18.4 Å². The Labute approximate surface area is 123 Å². The van der Waals surface area contributed by atoms with Gasteiger partial charge in [0.1, 0.15) is 12.3 Å². The van der Waals surface area contributed by atoms with Crippen LogP contribution < -0.4 is 15.0 Å². The molecule has 110 valence electrons. The Morgan fingerprint density at radius 1 is 1.40 bits per heavy atom. The highest BCUT2D eigenvalue weighted by Crippen LogP contribution is 2.31. The number of amides is 2. The van der Waals surface area contributed by atoms with Gasteiger partial charge in [0.25, 0.3) is 0 Å². The van der Waals surface area contributed by atoms with Crippen molar-refractivity contribution in [1.82, 2.24) is 5.32 Å². The number of hydrogen-bond acceptors (Lipinski definition) is 3. The number of halogens is 1. The largest absolute Gasteiger partial charge is 0.495 e. The van der Waals surface area contributed by atoms with Crippen molar-refractivity contribution in [3.05, 3.63) is 23.2 Å². The van der Waals surface area contributed by atoms with Crippen LogP contribution in [-0.2, 0) is 9.59 Å². The summed E-state index contributed by atoms with van der Waals surface area (Å²) < 4.78 is 5.21. The summed E-state index contributed by atoms with van der Waals surface area (Å²) in [5.74, 6) is 0.0224. The molecule has 1 aromatic carbocycles.